The number of benzene rings is 1. The zero-order valence-electron chi connectivity index (χ0n) is 9.05. The standard InChI is InChI=1S/C12H14N2O2/c1-14-9(7-10(13)12(15)16)6-8-4-2-3-5-11(8)14/h2-6,10H,7,13H2,1H3,(H,15,16). The van der Waals surface area contributed by atoms with Gasteiger partial charge in [-0.1, -0.05) is 18.2 Å². The molecule has 0 aliphatic rings. The molecule has 0 amide bonds. The van der Waals surface area contributed by atoms with Gasteiger partial charge in [0.25, 0.3) is 0 Å². The van der Waals surface area contributed by atoms with E-state index in [1.165, 1.54) is 0 Å². The number of carboxylic acid groups (broad SMARTS) is 1. The van der Waals surface area contributed by atoms with Gasteiger partial charge in [-0.3, -0.25) is 4.79 Å². The van der Waals surface area contributed by atoms with E-state index in [0.717, 1.165) is 16.6 Å². The quantitative estimate of drug-likeness (QED) is 0.811. The maximum atomic E-state index is 10.7. The Morgan fingerprint density at radius 1 is 1.50 bits per heavy atom. The Hall–Kier alpha value is -1.81. The summed E-state index contributed by atoms with van der Waals surface area (Å²) in [6.07, 6.45) is 0.348. The van der Waals surface area contributed by atoms with Crippen LogP contribution in [0.4, 0.5) is 0 Å². The summed E-state index contributed by atoms with van der Waals surface area (Å²) >= 11 is 0. The number of hydrogen-bond donors (Lipinski definition) is 2. The van der Waals surface area contributed by atoms with Gasteiger partial charge in [0.1, 0.15) is 6.04 Å². The maximum absolute atomic E-state index is 10.7. The topological polar surface area (TPSA) is 68.2 Å². The van der Waals surface area contributed by atoms with Crippen molar-refractivity contribution in [2.24, 2.45) is 12.8 Å². The second-order valence-corrected chi connectivity index (χ2v) is 3.90. The lowest BCUT2D eigenvalue weighted by Crippen LogP contribution is -2.32. The van der Waals surface area contributed by atoms with Gasteiger partial charge in [-0.05, 0) is 17.5 Å². The fourth-order valence-electron chi connectivity index (χ4n) is 1.85. The summed E-state index contributed by atoms with van der Waals surface area (Å²) in [4.78, 5) is 10.7. The van der Waals surface area contributed by atoms with Crippen LogP contribution < -0.4 is 5.73 Å². The van der Waals surface area contributed by atoms with Crippen LogP contribution in [0, 0.1) is 0 Å². The van der Waals surface area contributed by atoms with E-state index >= 15 is 0 Å². The highest BCUT2D eigenvalue weighted by atomic mass is 16.4. The van der Waals surface area contributed by atoms with Crippen LogP contribution in [-0.4, -0.2) is 21.7 Å². The fraction of sp³-hybridized carbons (Fsp3) is 0.250. The van der Waals surface area contributed by atoms with Crippen molar-refractivity contribution in [3.05, 3.63) is 36.0 Å². The van der Waals surface area contributed by atoms with Crippen LogP contribution in [0.25, 0.3) is 10.9 Å². The summed E-state index contributed by atoms with van der Waals surface area (Å²) in [5.41, 5.74) is 7.56. The lowest BCUT2D eigenvalue weighted by molar-refractivity contribution is -0.138. The first-order valence-corrected chi connectivity index (χ1v) is 5.11. The number of fused-ring (bicyclic) bond motifs is 1. The number of aryl methyl sites for hydroxylation is 1. The molecule has 0 aliphatic heterocycles. The van der Waals surface area contributed by atoms with Crippen molar-refractivity contribution in [1.29, 1.82) is 0 Å². The number of carbonyl (C=O) groups is 1. The molecule has 1 aromatic carbocycles. The van der Waals surface area contributed by atoms with Crippen LogP contribution in [0.5, 0.6) is 0 Å². The Labute approximate surface area is 93.3 Å². The zero-order valence-corrected chi connectivity index (χ0v) is 9.05. The molecule has 0 fully saturated rings. The molecule has 0 spiro atoms. The molecular weight excluding hydrogens is 204 g/mol. The van der Waals surface area contributed by atoms with Crippen LogP contribution in [-0.2, 0) is 18.3 Å². The number of aromatic nitrogens is 1. The summed E-state index contributed by atoms with van der Waals surface area (Å²) in [5.74, 6) is -0.967. The van der Waals surface area contributed by atoms with Gasteiger partial charge >= 0.3 is 5.97 Å². The third-order valence-corrected chi connectivity index (χ3v) is 2.80. The first-order valence-electron chi connectivity index (χ1n) is 5.11. The normalized spacial score (nSPS) is 12.9. The molecule has 3 N–H and O–H groups in total. The number of hydrogen-bond acceptors (Lipinski definition) is 2. The van der Waals surface area contributed by atoms with E-state index in [4.69, 9.17) is 10.8 Å². The Morgan fingerprint density at radius 2 is 2.19 bits per heavy atom. The Kier molecular flexibility index (Phi) is 2.66. The van der Waals surface area contributed by atoms with E-state index in [0.29, 0.717) is 6.42 Å². The van der Waals surface area contributed by atoms with Crippen LogP contribution in [0.1, 0.15) is 5.69 Å². The average molecular weight is 218 g/mol. The van der Waals surface area contributed by atoms with Crippen LogP contribution in [0.2, 0.25) is 0 Å². The molecule has 1 atom stereocenters. The van der Waals surface area contributed by atoms with E-state index in [9.17, 15) is 4.79 Å². The number of nitrogens with two attached hydrogens (primary N) is 1. The first kappa shape index (κ1) is 10.7. The third-order valence-electron chi connectivity index (χ3n) is 2.80. The molecule has 0 aliphatic carbocycles. The summed E-state index contributed by atoms with van der Waals surface area (Å²) in [7, 11) is 1.92. The molecule has 0 saturated carbocycles. The van der Waals surface area contributed by atoms with Gasteiger partial charge in [-0.2, -0.15) is 0 Å². The van der Waals surface area contributed by atoms with Gasteiger partial charge in [-0.25, -0.2) is 0 Å². The highest BCUT2D eigenvalue weighted by molar-refractivity contribution is 5.81. The second kappa shape index (κ2) is 3.98. The molecule has 1 heterocycles. The predicted octanol–water partition coefficient (Wildman–Crippen LogP) is 1.13. The molecular formula is C12H14N2O2. The lowest BCUT2D eigenvalue weighted by atomic mass is 10.1. The smallest absolute Gasteiger partial charge is 0.320 e. The Bertz CT molecular complexity index is 531. The van der Waals surface area contributed by atoms with E-state index in [1.807, 2.05) is 41.9 Å². The van der Waals surface area contributed by atoms with Crippen LogP contribution in [0.15, 0.2) is 30.3 Å². The van der Waals surface area contributed by atoms with Crippen molar-refractivity contribution in [3.8, 4) is 0 Å². The number of carboxylic acids is 1. The van der Waals surface area contributed by atoms with Gasteiger partial charge in [-0.15, -0.1) is 0 Å². The molecule has 16 heavy (non-hydrogen) atoms. The van der Waals surface area contributed by atoms with E-state index in [2.05, 4.69) is 0 Å². The number of para-hydroxylation sites is 1. The minimum absolute atomic E-state index is 0.348. The molecule has 1 aromatic heterocycles. The van der Waals surface area contributed by atoms with Gasteiger partial charge < -0.3 is 15.4 Å². The summed E-state index contributed by atoms with van der Waals surface area (Å²) in [6.45, 7) is 0. The van der Waals surface area contributed by atoms with Gasteiger partial charge in [0.05, 0.1) is 0 Å². The predicted molar refractivity (Wildman–Crippen MR) is 62.2 cm³/mol. The van der Waals surface area contributed by atoms with E-state index < -0.39 is 12.0 Å². The van der Waals surface area contributed by atoms with Crippen molar-refractivity contribution in [2.75, 3.05) is 0 Å². The highest BCUT2D eigenvalue weighted by Gasteiger charge is 2.15. The molecule has 1 unspecified atom stereocenters. The van der Waals surface area contributed by atoms with Crippen molar-refractivity contribution < 1.29 is 9.90 Å². The van der Waals surface area contributed by atoms with Crippen LogP contribution in [0.3, 0.4) is 0 Å². The minimum Gasteiger partial charge on any atom is -0.480 e. The van der Waals surface area contributed by atoms with Crippen molar-refractivity contribution in [1.82, 2.24) is 4.57 Å². The zero-order chi connectivity index (χ0) is 11.7. The monoisotopic (exact) mass is 218 g/mol. The van der Waals surface area contributed by atoms with E-state index in [1.54, 1.807) is 0 Å². The van der Waals surface area contributed by atoms with Crippen LogP contribution >= 0.6 is 0 Å². The summed E-state index contributed by atoms with van der Waals surface area (Å²) in [6, 6.07) is 9.07. The first-order chi connectivity index (χ1) is 7.59. The molecule has 0 radical (unpaired) electrons. The Balaban J connectivity index is 2.38. The van der Waals surface area contributed by atoms with Gasteiger partial charge in [0.15, 0.2) is 0 Å². The fourth-order valence-corrected chi connectivity index (χ4v) is 1.85. The van der Waals surface area contributed by atoms with Crippen molar-refractivity contribution in [3.63, 3.8) is 0 Å². The van der Waals surface area contributed by atoms with Gasteiger partial charge in [0, 0.05) is 24.7 Å². The van der Waals surface area contributed by atoms with Crippen molar-refractivity contribution >= 4 is 16.9 Å². The largest absolute Gasteiger partial charge is 0.480 e. The molecule has 0 bridgehead atoms. The summed E-state index contributed by atoms with van der Waals surface area (Å²) in [5, 5.41) is 9.88. The molecule has 84 valence electrons. The highest BCUT2D eigenvalue weighted by Crippen LogP contribution is 2.18. The third kappa shape index (κ3) is 1.79. The molecule has 0 saturated heterocycles. The SMILES string of the molecule is Cn1c(CC(N)C(=O)O)cc2ccccc21. The number of nitrogens with zero attached hydrogens (tertiary/aromatic N) is 1. The minimum atomic E-state index is -0.967. The average Bonchev–Trinajstić information content (AvgIpc) is 2.56. The van der Waals surface area contributed by atoms with Gasteiger partial charge in [0.2, 0.25) is 0 Å². The lowest BCUT2D eigenvalue weighted by Gasteiger charge is -2.07. The second-order valence-electron chi connectivity index (χ2n) is 3.90. The number of rotatable bonds is 3. The Morgan fingerprint density at radius 3 is 2.81 bits per heavy atom. The molecule has 2 aromatic rings. The van der Waals surface area contributed by atoms with Crippen molar-refractivity contribution in [2.45, 2.75) is 12.5 Å². The molecule has 4 nitrogen and oxygen atoms in total. The van der Waals surface area contributed by atoms with E-state index in [-0.39, 0.29) is 0 Å². The molecule has 2 rings (SSSR count). The number of aliphatic carboxylic acids is 1. The maximum Gasteiger partial charge on any atom is 0.320 e. The molecule has 4 heteroatoms. The summed E-state index contributed by atoms with van der Waals surface area (Å²) < 4.78 is 1.98.